The van der Waals surface area contributed by atoms with E-state index in [1.54, 1.807) is 11.8 Å². The van der Waals surface area contributed by atoms with Crippen LogP contribution < -0.4 is 0 Å². The molecule has 118 valence electrons. The van der Waals surface area contributed by atoms with Crippen LogP contribution in [0.25, 0.3) is 0 Å². The average molecular weight is 325 g/mol. The summed E-state index contributed by atoms with van der Waals surface area (Å²) in [6.45, 7) is 14.4. The minimum atomic E-state index is -1.59. The van der Waals surface area contributed by atoms with Crippen LogP contribution in [0.1, 0.15) is 26.3 Å². The number of benzene rings is 1. The van der Waals surface area contributed by atoms with Crippen molar-refractivity contribution in [3.8, 4) is 0 Å². The van der Waals surface area contributed by atoms with Gasteiger partial charge >= 0.3 is 0 Å². The van der Waals surface area contributed by atoms with E-state index in [4.69, 9.17) is 9.16 Å². The van der Waals surface area contributed by atoms with E-state index in [9.17, 15) is 0 Å². The Bertz CT molecular complexity index is 426. The predicted molar refractivity (Wildman–Crippen MR) is 96.0 cm³/mol. The summed E-state index contributed by atoms with van der Waals surface area (Å²) in [6.07, 6.45) is 2.07. The van der Waals surface area contributed by atoms with Crippen molar-refractivity contribution in [2.75, 3.05) is 6.61 Å². The zero-order valence-electron chi connectivity index (χ0n) is 14.1. The van der Waals surface area contributed by atoms with Crippen molar-refractivity contribution in [3.63, 3.8) is 0 Å². The lowest BCUT2D eigenvalue weighted by Crippen LogP contribution is -2.25. The molecule has 0 aliphatic rings. The molecule has 4 heteroatoms. The molecule has 0 aliphatic carbocycles. The number of hydrogen-bond acceptors (Lipinski definition) is 3. The Morgan fingerprint density at radius 1 is 1.14 bits per heavy atom. The third-order valence-electron chi connectivity index (χ3n) is 2.29. The topological polar surface area (TPSA) is 18.5 Å². The summed E-state index contributed by atoms with van der Waals surface area (Å²) in [6, 6.07) is 10.2. The number of hydrogen-bond donors (Lipinski definition) is 0. The maximum Gasteiger partial charge on any atom is 0.242 e. The second kappa shape index (κ2) is 8.06. The molecule has 0 N–H and O–H groups in total. The summed E-state index contributed by atoms with van der Waals surface area (Å²) in [4.78, 5) is 0. The van der Waals surface area contributed by atoms with Gasteiger partial charge in [-0.1, -0.05) is 62.9 Å². The normalized spacial score (nSPS) is 13.3. The quantitative estimate of drug-likeness (QED) is 0.378. The van der Waals surface area contributed by atoms with E-state index in [0.29, 0.717) is 13.2 Å². The van der Waals surface area contributed by atoms with Crippen molar-refractivity contribution >= 4 is 20.1 Å². The maximum absolute atomic E-state index is 6.15. The molecule has 0 saturated carbocycles. The van der Waals surface area contributed by atoms with Gasteiger partial charge in [-0.2, -0.15) is 0 Å². The summed E-state index contributed by atoms with van der Waals surface area (Å²) in [5.74, 6) is 0. The molecular weight excluding hydrogens is 296 g/mol. The summed E-state index contributed by atoms with van der Waals surface area (Å²) >= 11 is 1.77. The molecule has 0 radical (unpaired) electrons. The molecule has 2 nitrogen and oxygen atoms in total. The van der Waals surface area contributed by atoms with Crippen LogP contribution >= 0.6 is 11.8 Å². The van der Waals surface area contributed by atoms with Crippen LogP contribution in [-0.4, -0.2) is 19.7 Å². The van der Waals surface area contributed by atoms with E-state index in [2.05, 4.69) is 58.6 Å². The highest BCUT2D eigenvalue weighted by atomic mass is 32.2. The Morgan fingerprint density at radius 3 is 2.29 bits per heavy atom. The lowest BCUT2D eigenvalue weighted by atomic mass is 10.2. The van der Waals surface area contributed by atoms with Crippen LogP contribution in [0.4, 0.5) is 0 Å². The molecule has 1 aromatic carbocycles. The first-order chi connectivity index (χ1) is 9.66. The fourth-order valence-electron chi connectivity index (χ4n) is 1.59. The molecule has 0 fully saturated rings. The first kappa shape index (κ1) is 18.3. The Labute approximate surface area is 135 Å². The maximum atomic E-state index is 6.15. The zero-order chi connectivity index (χ0) is 15.9. The van der Waals surface area contributed by atoms with E-state index in [1.807, 2.05) is 18.2 Å². The van der Waals surface area contributed by atoms with Crippen LogP contribution in [0.2, 0.25) is 19.6 Å². The molecular formula is C17H28O2SSi. The Kier molecular flexibility index (Phi) is 7.04. The molecule has 1 aromatic rings. The fourth-order valence-corrected chi connectivity index (χ4v) is 3.94. The molecule has 21 heavy (non-hydrogen) atoms. The Hall–Kier alpha value is -0.713. The van der Waals surface area contributed by atoms with Gasteiger partial charge in [-0.3, -0.25) is 0 Å². The minimum Gasteiger partial charge on any atom is -0.540 e. The Morgan fingerprint density at radius 2 is 1.76 bits per heavy atom. The van der Waals surface area contributed by atoms with Gasteiger partial charge in [-0.05, 0) is 31.3 Å². The highest BCUT2D eigenvalue weighted by molar-refractivity contribution is 8.04. The third-order valence-corrected chi connectivity index (χ3v) is 4.34. The first-order valence-electron chi connectivity index (χ1n) is 7.36. The molecule has 1 rings (SSSR count). The van der Waals surface area contributed by atoms with Crippen molar-refractivity contribution in [2.24, 2.45) is 0 Å². The summed E-state index contributed by atoms with van der Waals surface area (Å²) < 4.78 is 12.0. The summed E-state index contributed by atoms with van der Waals surface area (Å²) in [7, 11) is -1.59. The van der Waals surface area contributed by atoms with Gasteiger partial charge in [-0.15, -0.1) is 0 Å². The lowest BCUT2D eigenvalue weighted by molar-refractivity contribution is 0.147. The molecule has 0 unspecified atom stereocenters. The van der Waals surface area contributed by atoms with Gasteiger partial charge in [0.1, 0.15) is 5.09 Å². The van der Waals surface area contributed by atoms with Crippen molar-refractivity contribution in [1.82, 2.24) is 0 Å². The first-order valence-corrected chi connectivity index (χ1v) is 11.6. The fraction of sp³-hybridized carbons (Fsp3) is 0.529. The van der Waals surface area contributed by atoms with Crippen LogP contribution in [0.15, 0.2) is 41.5 Å². The zero-order valence-corrected chi connectivity index (χ0v) is 15.9. The van der Waals surface area contributed by atoms with Gasteiger partial charge in [-0.25, -0.2) is 0 Å². The number of rotatable bonds is 7. The van der Waals surface area contributed by atoms with E-state index in [-0.39, 0.29) is 4.75 Å². The number of thioether (sulfide) groups is 1. The smallest absolute Gasteiger partial charge is 0.242 e. The minimum absolute atomic E-state index is 0.144. The van der Waals surface area contributed by atoms with Gasteiger partial charge in [0.05, 0.1) is 13.2 Å². The molecule has 0 aliphatic heterocycles. The SMILES string of the molecule is CC(C)(C)S/C(=C/COCc1ccccc1)O[Si](C)(C)C. The molecule has 0 atom stereocenters. The summed E-state index contributed by atoms with van der Waals surface area (Å²) in [5, 5.41) is 0.995. The van der Waals surface area contributed by atoms with Crippen LogP contribution in [0.5, 0.6) is 0 Å². The largest absolute Gasteiger partial charge is 0.540 e. The molecule has 0 amide bonds. The number of ether oxygens (including phenoxy) is 1. The average Bonchev–Trinajstić information content (AvgIpc) is 2.32. The second-order valence-corrected chi connectivity index (χ2v) is 13.2. The van der Waals surface area contributed by atoms with Gasteiger partial charge < -0.3 is 9.16 Å². The Balaban J connectivity index is 2.53. The van der Waals surface area contributed by atoms with Gasteiger partial charge in [0.15, 0.2) is 0 Å². The van der Waals surface area contributed by atoms with Crippen LogP contribution in [0, 0.1) is 0 Å². The van der Waals surface area contributed by atoms with Crippen LogP contribution in [0.3, 0.4) is 0 Å². The molecule has 0 heterocycles. The van der Waals surface area contributed by atoms with Gasteiger partial charge in [0.2, 0.25) is 8.32 Å². The van der Waals surface area contributed by atoms with E-state index < -0.39 is 8.32 Å². The van der Waals surface area contributed by atoms with Crippen molar-refractivity contribution < 1.29 is 9.16 Å². The standard InChI is InChI=1S/C17H28O2SSi/c1-17(2,3)20-16(19-21(4,5)6)12-13-18-14-15-10-8-7-9-11-15/h7-12H,13-14H2,1-6H3/b16-12+. The molecule has 0 aromatic heterocycles. The highest BCUT2D eigenvalue weighted by Gasteiger charge is 2.22. The monoisotopic (exact) mass is 324 g/mol. The predicted octanol–water partition coefficient (Wildman–Crippen LogP) is 5.43. The van der Waals surface area contributed by atoms with Gasteiger partial charge in [0, 0.05) is 4.75 Å². The van der Waals surface area contributed by atoms with E-state index >= 15 is 0 Å². The summed E-state index contributed by atoms with van der Waals surface area (Å²) in [5.41, 5.74) is 1.20. The van der Waals surface area contributed by atoms with E-state index in [0.717, 1.165) is 5.09 Å². The molecule has 0 bridgehead atoms. The lowest BCUT2D eigenvalue weighted by Gasteiger charge is -2.26. The van der Waals surface area contributed by atoms with Crippen molar-refractivity contribution in [3.05, 3.63) is 47.1 Å². The third kappa shape index (κ3) is 9.77. The highest BCUT2D eigenvalue weighted by Crippen LogP contribution is 2.33. The van der Waals surface area contributed by atoms with Crippen LogP contribution in [-0.2, 0) is 15.8 Å². The van der Waals surface area contributed by atoms with Crippen molar-refractivity contribution in [2.45, 2.75) is 51.8 Å². The second-order valence-electron chi connectivity index (χ2n) is 6.95. The molecule has 0 spiro atoms. The van der Waals surface area contributed by atoms with E-state index in [1.165, 1.54) is 5.56 Å². The van der Waals surface area contributed by atoms with Crippen molar-refractivity contribution in [1.29, 1.82) is 0 Å². The van der Waals surface area contributed by atoms with Gasteiger partial charge in [0.25, 0.3) is 0 Å². The molecule has 0 saturated heterocycles.